The topological polar surface area (TPSA) is 72.8 Å². The molecule has 176 valence electrons. The molecule has 0 aliphatic heterocycles. The molecular weight excluding hydrogens is 392 g/mol. The highest BCUT2D eigenvalue weighted by molar-refractivity contribution is 5.69. The van der Waals surface area contributed by atoms with Crippen LogP contribution in [0, 0.1) is 34.5 Å². The number of hydrogen-bond acceptors (Lipinski definition) is 5. The van der Waals surface area contributed by atoms with Crippen LogP contribution in [0.25, 0.3) is 0 Å². The van der Waals surface area contributed by atoms with Crippen LogP contribution in [0.15, 0.2) is 0 Å². The van der Waals surface area contributed by atoms with Crippen LogP contribution >= 0.6 is 0 Å². The van der Waals surface area contributed by atoms with Crippen molar-refractivity contribution in [2.24, 2.45) is 34.5 Å². The average molecular weight is 435 g/mol. The van der Waals surface area contributed by atoms with E-state index >= 15 is 0 Å². The summed E-state index contributed by atoms with van der Waals surface area (Å²) in [5.74, 6) is 2.38. The van der Waals surface area contributed by atoms with E-state index in [4.69, 9.17) is 9.47 Å². The van der Waals surface area contributed by atoms with Crippen molar-refractivity contribution in [2.45, 2.75) is 110 Å². The van der Waals surface area contributed by atoms with Crippen LogP contribution in [0.3, 0.4) is 0 Å². The van der Waals surface area contributed by atoms with Crippen molar-refractivity contribution in [2.75, 3.05) is 7.11 Å². The maximum Gasteiger partial charge on any atom is 0.305 e. The minimum atomic E-state index is -0.710. The van der Waals surface area contributed by atoms with Crippen molar-refractivity contribution in [3.05, 3.63) is 0 Å². The summed E-state index contributed by atoms with van der Waals surface area (Å²) in [5.41, 5.74) is -0.409. The Hall–Kier alpha value is -1.10. The van der Waals surface area contributed by atoms with E-state index in [1.807, 2.05) is 0 Å². The molecule has 5 nitrogen and oxygen atoms in total. The molecule has 0 unspecified atom stereocenters. The Morgan fingerprint density at radius 2 is 1.77 bits per heavy atom. The smallest absolute Gasteiger partial charge is 0.305 e. The zero-order valence-electron chi connectivity index (χ0n) is 20.0. The van der Waals surface area contributed by atoms with Crippen LogP contribution in [-0.4, -0.2) is 35.9 Å². The number of ether oxygens (including phenoxy) is 2. The number of hydrogen-bond donors (Lipinski definition) is 1. The summed E-state index contributed by atoms with van der Waals surface area (Å²) in [7, 11) is 1.47. The summed E-state index contributed by atoms with van der Waals surface area (Å²) in [5, 5.41) is 11.8. The lowest BCUT2D eigenvalue weighted by molar-refractivity contribution is -0.223. The van der Waals surface area contributed by atoms with Gasteiger partial charge in [-0.15, -0.1) is 0 Å². The molecule has 0 amide bonds. The molecule has 4 saturated carbocycles. The fraction of sp³-hybridized carbons (Fsp3) is 0.923. The molecule has 0 saturated heterocycles. The SMILES string of the molecule is COC(=O)CCC[C@H]1CC[C@H]2[C@@H]3CC[C@]4(O)C[C@H](OC(C)=O)CC[C@]4(C)[C@H]3CC[C@]12C. The summed E-state index contributed by atoms with van der Waals surface area (Å²) >= 11 is 0. The third kappa shape index (κ3) is 3.83. The van der Waals surface area contributed by atoms with Gasteiger partial charge in [0.1, 0.15) is 6.10 Å². The van der Waals surface area contributed by atoms with Gasteiger partial charge in [0.15, 0.2) is 0 Å². The van der Waals surface area contributed by atoms with Gasteiger partial charge in [-0.3, -0.25) is 9.59 Å². The molecule has 0 spiro atoms. The maximum absolute atomic E-state index is 11.8. The average Bonchev–Trinajstić information content (AvgIpc) is 3.05. The molecule has 31 heavy (non-hydrogen) atoms. The van der Waals surface area contributed by atoms with Crippen molar-refractivity contribution in [3.8, 4) is 0 Å². The number of carbonyl (C=O) groups is 2. The molecule has 4 rings (SSSR count). The first-order valence-electron chi connectivity index (χ1n) is 12.6. The van der Waals surface area contributed by atoms with Gasteiger partial charge >= 0.3 is 11.9 Å². The number of methoxy groups -OCH3 is 1. The first kappa shape index (κ1) is 23.1. The lowest BCUT2D eigenvalue weighted by atomic mass is 9.43. The van der Waals surface area contributed by atoms with Crippen LogP contribution in [0.2, 0.25) is 0 Å². The number of fused-ring (bicyclic) bond motifs is 5. The van der Waals surface area contributed by atoms with E-state index in [0.717, 1.165) is 44.4 Å². The van der Waals surface area contributed by atoms with E-state index < -0.39 is 5.60 Å². The molecule has 0 aromatic rings. The molecular formula is C26H42O5. The zero-order chi connectivity index (χ0) is 22.4. The Morgan fingerprint density at radius 3 is 2.48 bits per heavy atom. The molecule has 4 aliphatic rings. The Labute approximate surface area is 187 Å². The summed E-state index contributed by atoms with van der Waals surface area (Å²) in [4.78, 5) is 23.0. The fourth-order valence-electron chi connectivity index (χ4n) is 8.72. The van der Waals surface area contributed by atoms with E-state index in [9.17, 15) is 14.7 Å². The van der Waals surface area contributed by atoms with Crippen LogP contribution in [0.4, 0.5) is 0 Å². The molecule has 0 heterocycles. The highest BCUT2D eigenvalue weighted by Gasteiger charge is 2.64. The number of esters is 2. The Morgan fingerprint density at radius 1 is 1.00 bits per heavy atom. The van der Waals surface area contributed by atoms with E-state index in [0.29, 0.717) is 36.0 Å². The van der Waals surface area contributed by atoms with E-state index in [-0.39, 0.29) is 23.5 Å². The third-order valence-electron chi connectivity index (χ3n) is 10.5. The monoisotopic (exact) mass is 434 g/mol. The van der Waals surface area contributed by atoms with Crippen LogP contribution in [0.1, 0.15) is 97.8 Å². The zero-order valence-corrected chi connectivity index (χ0v) is 20.0. The van der Waals surface area contributed by atoms with Gasteiger partial charge in [-0.1, -0.05) is 13.8 Å². The Balaban J connectivity index is 1.46. The van der Waals surface area contributed by atoms with Crippen molar-refractivity contribution in [1.29, 1.82) is 0 Å². The normalized spacial score (nSPS) is 46.4. The van der Waals surface area contributed by atoms with Gasteiger partial charge in [0.25, 0.3) is 0 Å². The Bertz CT molecular complexity index is 706. The highest BCUT2D eigenvalue weighted by Crippen LogP contribution is 2.68. The third-order valence-corrected chi connectivity index (χ3v) is 10.5. The summed E-state index contributed by atoms with van der Waals surface area (Å²) in [6, 6.07) is 0. The fourth-order valence-corrected chi connectivity index (χ4v) is 8.72. The standard InChI is InChI=1S/C26H42O5/c1-17(27)31-19-10-14-25(3)22-12-13-24(2)18(6-5-7-23(28)30-4)8-9-21(24)20(22)11-15-26(25,29)16-19/h18-22,29H,5-16H2,1-4H3/t18-,19+,20-,21-,22-,24+,25+,26-/m0/s1. The molecule has 0 radical (unpaired) electrons. The van der Waals surface area contributed by atoms with Crippen molar-refractivity contribution >= 4 is 11.9 Å². The van der Waals surface area contributed by atoms with Gasteiger partial charge in [0.05, 0.1) is 12.7 Å². The predicted octanol–water partition coefficient (Wildman–Crippen LogP) is 5.04. The summed E-state index contributed by atoms with van der Waals surface area (Å²) in [6.07, 6.45) is 11.8. The molecule has 0 bridgehead atoms. The first-order valence-corrected chi connectivity index (χ1v) is 12.6. The predicted molar refractivity (Wildman–Crippen MR) is 118 cm³/mol. The molecule has 8 atom stereocenters. The van der Waals surface area contributed by atoms with E-state index in [1.165, 1.54) is 39.7 Å². The Kier molecular flexibility index (Phi) is 6.22. The molecule has 0 aromatic carbocycles. The molecule has 5 heteroatoms. The summed E-state index contributed by atoms with van der Waals surface area (Å²) in [6.45, 7) is 6.32. The maximum atomic E-state index is 11.8. The summed E-state index contributed by atoms with van der Waals surface area (Å²) < 4.78 is 10.3. The van der Waals surface area contributed by atoms with E-state index in [2.05, 4.69) is 13.8 Å². The quantitative estimate of drug-likeness (QED) is 0.614. The van der Waals surface area contributed by atoms with Gasteiger partial charge in [0.2, 0.25) is 0 Å². The van der Waals surface area contributed by atoms with Gasteiger partial charge in [-0.2, -0.15) is 0 Å². The molecule has 4 fully saturated rings. The number of aliphatic hydroxyl groups is 1. The van der Waals surface area contributed by atoms with Crippen LogP contribution in [-0.2, 0) is 19.1 Å². The first-order chi connectivity index (χ1) is 14.6. The van der Waals surface area contributed by atoms with E-state index in [1.54, 1.807) is 0 Å². The van der Waals surface area contributed by atoms with Crippen molar-refractivity contribution < 1.29 is 24.2 Å². The van der Waals surface area contributed by atoms with Gasteiger partial charge in [-0.25, -0.2) is 0 Å². The molecule has 4 aliphatic carbocycles. The van der Waals surface area contributed by atoms with Crippen molar-refractivity contribution in [3.63, 3.8) is 0 Å². The second-order valence-electron chi connectivity index (χ2n) is 11.6. The molecule has 0 aromatic heterocycles. The lowest BCUT2D eigenvalue weighted by Crippen LogP contribution is -2.63. The van der Waals surface area contributed by atoms with Gasteiger partial charge in [0, 0.05) is 19.8 Å². The van der Waals surface area contributed by atoms with Crippen LogP contribution in [0.5, 0.6) is 0 Å². The van der Waals surface area contributed by atoms with Crippen molar-refractivity contribution in [1.82, 2.24) is 0 Å². The van der Waals surface area contributed by atoms with Crippen LogP contribution < -0.4 is 0 Å². The van der Waals surface area contributed by atoms with Gasteiger partial charge < -0.3 is 14.6 Å². The second-order valence-corrected chi connectivity index (χ2v) is 11.6. The van der Waals surface area contributed by atoms with Gasteiger partial charge in [-0.05, 0) is 98.7 Å². The lowest BCUT2D eigenvalue weighted by Gasteiger charge is -2.64. The number of carbonyl (C=O) groups excluding carboxylic acids is 2. The second kappa shape index (κ2) is 8.35. The minimum Gasteiger partial charge on any atom is -0.469 e. The minimum absolute atomic E-state index is 0.0726. The largest absolute Gasteiger partial charge is 0.469 e. The highest BCUT2D eigenvalue weighted by atomic mass is 16.5. The number of rotatable bonds is 5. The molecule has 1 N–H and O–H groups in total.